The smallest absolute Gasteiger partial charge is 0.129 e. The molecule has 0 amide bonds. The van der Waals surface area contributed by atoms with Gasteiger partial charge in [0.05, 0.1) is 5.52 Å². The molecule has 0 atom stereocenters. The summed E-state index contributed by atoms with van der Waals surface area (Å²) >= 11 is 0. The Morgan fingerprint density at radius 1 is 1.05 bits per heavy atom. The van der Waals surface area contributed by atoms with Crippen LogP contribution in [0.5, 0.6) is 0 Å². The maximum absolute atomic E-state index is 4.88. The van der Waals surface area contributed by atoms with Crippen LogP contribution in [0.2, 0.25) is 0 Å². The average Bonchev–Trinajstić information content (AvgIpc) is 2.52. The lowest BCUT2D eigenvalue weighted by Gasteiger charge is -2.24. The lowest BCUT2D eigenvalue weighted by atomic mass is 10.1. The zero-order chi connectivity index (χ0) is 15.1. The Hall–Kier alpha value is -1.61. The lowest BCUT2D eigenvalue weighted by molar-refractivity contribution is 0.721. The van der Waals surface area contributed by atoms with Gasteiger partial charge < -0.3 is 10.2 Å². The van der Waals surface area contributed by atoms with Crippen LogP contribution >= 0.6 is 0 Å². The van der Waals surface area contributed by atoms with Gasteiger partial charge in [-0.25, -0.2) is 4.98 Å². The van der Waals surface area contributed by atoms with Gasteiger partial charge in [0.1, 0.15) is 5.82 Å². The third-order valence-corrected chi connectivity index (χ3v) is 3.66. The minimum absolute atomic E-state index is 0.901. The van der Waals surface area contributed by atoms with Crippen molar-refractivity contribution in [1.82, 2.24) is 10.3 Å². The van der Waals surface area contributed by atoms with Crippen LogP contribution in [0, 0.1) is 0 Å². The predicted octanol–water partition coefficient (Wildman–Crippen LogP) is 3.97. The van der Waals surface area contributed by atoms with Gasteiger partial charge in [-0.1, -0.05) is 39.0 Å². The largest absolute Gasteiger partial charge is 0.357 e. The molecule has 1 aromatic carbocycles. The van der Waals surface area contributed by atoms with Crippen LogP contribution in [-0.2, 0) is 6.54 Å². The van der Waals surface area contributed by atoms with Crippen molar-refractivity contribution in [3.63, 3.8) is 0 Å². The highest BCUT2D eigenvalue weighted by atomic mass is 15.2. The van der Waals surface area contributed by atoms with Crippen molar-refractivity contribution in [2.45, 2.75) is 40.2 Å². The summed E-state index contributed by atoms with van der Waals surface area (Å²) in [7, 11) is 0. The molecule has 2 rings (SSSR count). The number of nitrogens with one attached hydrogen (secondary N) is 1. The van der Waals surface area contributed by atoms with Gasteiger partial charge in [-0.05, 0) is 37.1 Å². The summed E-state index contributed by atoms with van der Waals surface area (Å²) in [5.74, 6) is 1.12. The van der Waals surface area contributed by atoms with E-state index in [2.05, 4.69) is 61.3 Å². The standard InChI is InChI=1S/C18H27N3/c1-4-11-21(12-5-2)18-13-15(14-19-6-3)16-9-7-8-10-17(16)20-18/h7-10,13,19H,4-6,11-12,14H2,1-3H3. The molecule has 21 heavy (non-hydrogen) atoms. The van der Waals surface area contributed by atoms with Crippen LogP contribution in [0.3, 0.4) is 0 Å². The van der Waals surface area contributed by atoms with E-state index in [4.69, 9.17) is 4.98 Å². The molecule has 0 saturated heterocycles. The summed E-state index contributed by atoms with van der Waals surface area (Å²) in [5.41, 5.74) is 2.44. The first-order chi connectivity index (χ1) is 10.3. The molecule has 0 aliphatic carbocycles. The van der Waals surface area contributed by atoms with E-state index in [1.54, 1.807) is 0 Å². The van der Waals surface area contributed by atoms with Crippen molar-refractivity contribution in [3.05, 3.63) is 35.9 Å². The first-order valence-electron chi connectivity index (χ1n) is 8.14. The van der Waals surface area contributed by atoms with Gasteiger partial charge in [-0.15, -0.1) is 0 Å². The van der Waals surface area contributed by atoms with Gasteiger partial charge in [0.25, 0.3) is 0 Å². The molecule has 0 saturated carbocycles. The van der Waals surface area contributed by atoms with Gasteiger partial charge in [0.15, 0.2) is 0 Å². The van der Waals surface area contributed by atoms with E-state index in [1.807, 2.05) is 0 Å². The number of para-hydroxylation sites is 1. The number of hydrogen-bond acceptors (Lipinski definition) is 3. The molecule has 1 aromatic heterocycles. The molecule has 114 valence electrons. The average molecular weight is 285 g/mol. The number of nitrogens with zero attached hydrogens (tertiary/aromatic N) is 2. The minimum atomic E-state index is 0.901. The number of hydrogen-bond donors (Lipinski definition) is 1. The first-order valence-corrected chi connectivity index (χ1v) is 8.14. The van der Waals surface area contributed by atoms with Gasteiger partial charge in [-0.3, -0.25) is 0 Å². The number of rotatable bonds is 8. The summed E-state index contributed by atoms with van der Waals surface area (Å²) in [5, 5.41) is 4.70. The first kappa shape index (κ1) is 15.8. The quantitative estimate of drug-likeness (QED) is 0.795. The van der Waals surface area contributed by atoms with Crippen molar-refractivity contribution in [2.24, 2.45) is 0 Å². The molecule has 3 heteroatoms. The maximum Gasteiger partial charge on any atom is 0.129 e. The maximum atomic E-state index is 4.88. The van der Waals surface area contributed by atoms with Gasteiger partial charge in [0.2, 0.25) is 0 Å². The number of pyridine rings is 1. The molecule has 0 spiro atoms. The van der Waals surface area contributed by atoms with Crippen LogP contribution in [0.4, 0.5) is 5.82 Å². The highest BCUT2D eigenvalue weighted by Gasteiger charge is 2.10. The molecule has 2 aromatic rings. The number of fused-ring (bicyclic) bond motifs is 1. The van der Waals surface area contributed by atoms with Crippen LogP contribution in [0.15, 0.2) is 30.3 Å². The van der Waals surface area contributed by atoms with E-state index in [9.17, 15) is 0 Å². The number of aromatic nitrogens is 1. The second-order valence-electron chi connectivity index (χ2n) is 5.42. The fourth-order valence-electron chi connectivity index (χ4n) is 2.68. The zero-order valence-corrected chi connectivity index (χ0v) is 13.5. The molecule has 0 aliphatic heterocycles. The Balaban J connectivity index is 2.43. The summed E-state index contributed by atoms with van der Waals surface area (Å²) < 4.78 is 0. The predicted molar refractivity (Wildman–Crippen MR) is 91.9 cm³/mol. The third-order valence-electron chi connectivity index (χ3n) is 3.66. The molecule has 0 bridgehead atoms. The fourth-order valence-corrected chi connectivity index (χ4v) is 2.68. The van der Waals surface area contributed by atoms with Crippen LogP contribution < -0.4 is 10.2 Å². The van der Waals surface area contributed by atoms with Crippen LogP contribution in [0.1, 0.15) is 39.2 Å². The second-order valence-corrected chi connectivity index (χ2v) is 5.42. The van der Waals surface area contributed by atoms with Crippen LogP contribution in [-0.4, -0.2) is 24.6 Å². The fraction of sp³-hybridized carbons (Fsp3) is 0.500. The molecular formula is C18H27N3. The second kappa shape index (κ2) is 7.99. The molecule has 3 nitrogen and oxygen atoms in total. The highest BCUT2D eigenvalue weighted by Crippen LogP contribution is 2.23. The Kier molecular flexibility index (Phi) is 6.00. The SMILES string of the molecule is CCCN(CCC)c1cc(CNCC)c2ccccc2n1. The van der Waals surface area contributed by atoms with Crippen molar-refractivity contribution >= 4 is 16.7 Å². The van der Waals surface area contributed by atoms with Gasteiger partial charge in [0, 0.05) is 25.0 Å². The Morgan fingerprint density at radius 2 is 1.76 bits per heavy atom. The molecule has 0 aliphatic rings. The Bertz CT molecular complexity index is 559. The summed E-state index contributed by atoms with van der Waals surface area (Å²) in [6.07, 6.45) is 2.30. The molecular weight excluding hydrogens is 258 g/mol. The van der Waals surface area contributed by atoms with E-state index in [0.29, 0.717) is 0 Å². The lowest BCUT2D eigenvalue weighted by Crippen LogP contribution is -2.26. The number of benzene rings is 1. The van der Waals surface area contributed by atoms with Crippen molar-refractivity contribution in [3.8, 4) is 0 Å². The van der Waals surface area contributed by atoms with E-state index >= 15 is 0 Å². The van der Waals surface area contributed by atoms with E-state index in [-0.39, 0.29) is 0 Å². The van der Waals surface area contributed by atoms with Crippen molar-refractivity contribution < 1.29 is 0 Å². The Morgan fingerprint density at radius 3 is 2.43 bits per heavy atom. The monoisotopic (exact) mass is 285 g/mol. The van der Waals surface area contributed by atoms with E-state index < -0.39 is 0 Å². The highest BCUT2D eigenvalue weighted by molar-refractivity contribution is 5.84. The molecule has 0 fully saturated rings. The molecule has 0 radical (unpaired) electrons. The normalized spacial score (nSPS) is 11.0. The number of anilines is 1. The Labute approximate surface area is 128 Å². The molecule has 1 N–H and O–H groups in total. The van der Waals surface area contributed by atoms with Gasteiger partial charge in [-0.2, -0.15) is 0 Å². The third kappa shape index (κ3) is 3.94. The van der Waals surface area contributed by atoms with Crippen molar-refractivity contribution in [2.75, 3.05) is 24.5 Å². The van der Waals surface area contributed by atoms with Crippen LogP contribution in [0.25, 0.3) is 10.9 Å². The molecule has 1 heterocycles. The summed E-state index contributed by atoms with van der Waals surface area (Å²) in [6.45, 7) is 10.6. The molecule has 0 unspecified atom stereocenters. The van der Waals surface area contributed by atoms with Crippen molar-refractivity contribution in [1.29, 1.82) is 0 Å². The van der Waals surface area contributed by atoms with Gasteiger partial charge >= 0.3 is 0 Å². The minimum Gasteiger partial charge on any atom is -0.357 e. The van der Waals surface area contributed by atoms with E-state index in [1.165, 1.54) is 10.9 Å². The summed E-state index contributed by atoms with van der Waals surface area (Å²) in [4.78, 5) is 7.28. The van der Waals surface area contributed by atoms with E-state index in [0.717, 1.165) is 50.4 Å². The summed E-state index contributed by atoms with van der Waals surface area (Å²) in [6, 6.07) is 10.7. The zero-order valence-electron chi connectivity index (χ0n) is 13.5. The topological polar surface area (TPSA) is 28.2 Å².